The van der Waals surface area contributed by atoms with Crippen LogP contribution in [-0.2, 0) is 9.47 Å². The molecule has 0 N–H and O–H groups in total. The van der Waals surface area contributed by atoms with Crippen molar-refractivity contribution in [3.05, 3.63) is 23.3 Å². The van der Waals surface area contributed by atoms with Crippen LogP contribution in [0.5, 0.6) is 0 Å². The van der Waals surface area contributed by atoms with E-state index in [2.05, 4.69) is 55.8 Å². The number of allylic oxidation sites excluding steroid dienone is 3. The van der Waals surface area contributed by atoms with Gasteiger partial charge in [0.1, 0.15) is 0 Å². The topological polar surface area (TPSA) is 18.5 Å². The molecule has 2 nitrogen and oxygen atoms in total. The molecule has 2 unspecified atom stereocenters. The van der Waals surface area contributed by atoms with E-state index < -0.39 is 0 Å². The van der Waals surface area contributed by atoms with Crippen LogP contribution in [0.2, 0.25) is 0 Å². The first-order valence-corrected chi connectivity index (χ1v) is 7.36. The molecule has 0 aromatic heterocycles. The summed E-state index contributed by atoms with van der Waals surface area (Å²) < 4.78 is 11.5. The maximum absolute atomic E-state index is 5.73. The second kappa shape index (κ2) is 7.34. The summed E-state index contributed by atoms with van der Waals surface area (Å²) in [4.78, 5) is 0. The van der Waals surface area contributed by atoms with E-state index in [1.165, 1.54) is 11.1 Å². The maximum atomic E-state index is 5.73. The van der Waals surface area contributed by atoms with Crippen LogP contribution in [-0.4, -0.2) is 23.8 Å². The molecule has 1 aliphatic rings. The number of halogens is 1. The lowest BCUT2D eigenvalue weighted by Crippen LogP contribution is -2.13. The minimum atomic E-state index is -0.138. The lowest BCUT2D eigenvalue weighted by Gasteiger charge is -2.10. The van der Waals surface area contributed by atoms with Crippen molar-refractivity contribution in [3.8, 4) is 0 Å². The molecule has 1 saturated heterocycles. The Hall–Kier alpha value is -0.120. The van der Waals surface area contributed by atoms with Gasteiger partial charge in [-0.15, -0.1) is 0 Å². The smallest absolute Gasteiger partial charge is 0.180 e. The summed E-state index contributed by atoms with van der Waals surface area (Å²) in [5.41, 5.74) is 2.61. The molecule has 0 aliphatic carbocycles. The zero-order chi connectivity index (χ0) is 12.8. The Kier molecular flexibility index (Phi) is 6.45. The van der Waals surface area contributed by atoms with Crippen molar-refractivity contribution < 1.29 is 9.47 Å². The molecular weight excluding hydrogens is 280 g/mol. The molecule has 0 amide bonds. The molecule has 0 radical (unpaired) electrons. The van der Waals surface area contributed by atoms with Crippen LogP contribution in [0.15, 0.2) is 23.3 Å². The molecule has 17 heavy (non-hydrogen) atoms. The van der Waals surface area contributed by atoms with Gasteiger partial charge >= 0.3 is 0 Å². The molecule has 0 aromatic carbocycles. The van der Waals surface area contributed by atoms with Gasteiger partial charge in [0.05, 0.1) is 12.2 Å². The molecular formula is C14H23BrO2. The second-order valence-corrected chi connectivity index (χ2v) is 5.35. The van der Waals surface area contributed by atoms with Crippen LogP contribution >= 0.6 is 15.9 Å². The first-order valence-electron chi connectivity index (χ1n) is 6.23. The Balaban J connectivity index is 2.37. The molecule has 0 aromatic rings. The molecule has 0 spiro atoms. The highest BCUT2D eigenvalue weighted by Crippen LogP contribution is 2.24. The van der Waals surface area contributed by atoms with Gasteiger partial charge in [-0.25, -0.2) is 0 Å². The van der Waals surface area contributed by atoms with Gasteiger partial charge in [0.15, 0.2) is 6.29 Å². The average Bonchev–Trinajstić information content (AvgIpc) is 2.59. The molecule has 0 saturated carbocycles. The first-order chi connectivity index (χ1) is 8.04. The summed E-state index contributed by atoms with van der Waals surface area (Å²) in [7, 11) is 0. The van der Waals surface area contributed by atoms with Crippen molar-refractivity contribution in [2.75, 3.05) is 5.33 Å². The predicted molar refractivity (Wildman–Crippen MR) is 75.4 cm³/mol. The number of alkyl halides is 1. The SMILES string of the molecule is C/C(=C\CBr)CC/C=C(\C)C1OC(C)C(C)O1. The monoisotopic (exact) mass is 302 g/mol. The van der Waals surface area contributed by atoms with Crippen molar-refractivity contribution in [3.63, 3.8) is 0 Å². The number of ether oxygens (including phenoxy) is 2. The molecule has 1 aliphatic heterocycles. The van der Waals surface area contributed by atoms with Gasteiger partial charge in [-0.05, 0) is 46.1 Å². The van der Waals surface area contributed by atoms with E-state index in [4.69, 9.17) is 9.47 Å². The van der Waals surface area contributed by atoms with Gasteiger partial charge in [0.25, 0.3) is 0 Å². The quantitative estimate of drug-likeness (QED) is 0.559. The highest BCUT2D eigenvalue weighted by molar-refractivity contribution is 9.09. The summed E-state index contributed by atoms with van der Waals surface area (Å²) in [6, 6.07) is 0. The molecule has 1 fully saturated rings. The minimum absolute atomic E-state index is 0.138. The summed E-state index contributed by atoms with van der Waals surface area (Å²) in [5, 5.41) is 0.936. The zero-order valence-electron chi connectivity index (χ0n) is 11.2. The lowest BCUT2D eigenvalue weighted by molar-refractivity contribution is -0.0334. The lowest BCUT2D eigenvalue weighted by atomic mass is 10.1. The molecule has 1 rings (SSSR count). The molecule has 0 bridgehead atoms. The van der Waals surface area contributed by atoms with E-state index in [1.54, 1.807) is 0 Å². The molecule has 3 heteroatoms. The van der Waals surface area contributed by atoms with Gasteiger partial charge in [-0.2, -0.15) is 0 Å². The molecule has 98 valence electrons. The standard InChI is InChI=1S/C14H23BrO2/c1-10(8-9-15)6-5-7-11(2)14-16-12(3)13(4)17-14/h7-8,12-14H,5-6,9H2,1-4H3/b10-8+,11-7+. The minimum Gasteiger partial charge on any atom is -0.343 e. The predicted octanol–water partition coefficient (Wildman–Crippen LogP) is 4.20. The Morgan fingerprint density at radius 3 is 2.24 bits per heavy atom. The second-order valence-electron chi connectivity index (χ2n) is 4.71. The van der Waals surface area contributed by atoms with Crippen LogP contribution in [0, 0.1) is 0 Å². The third-order valence-electron chi connectivity index (χ3n) is 3.14. The fraction of sp³-hybridized carbons (Fsp3) is 0.714. The van der Waals surface area contributed by atoms with E-state index in [0.717, 1.165) is 18.2 Å². The van der Waals surface area contributed by atoms with Gasteiger partial charge < -0.3 is 9.47 Å². The maximum Gasteiger partial charge on any atom is 0.180 e. The van der Waals surface area contributed by atoms with Crippen LogP contribution in [0.25, 0.3) is 0 Å². The van der Waals surface area contributed by atoms with E-state index in [-0.39, 0.29) is 18.5 Å². The average molecular weight is 303 g/mol. The highest BCUT2D eigenvalue weighted by atomic mass is 79.9. The Labute approximate surface area is 113 Å². The first kappa shape index (κ1) is 14.9. The van der Waals surface area contributed by atoms with Crippen LogP contribution in [0.3, 0.4) is 0 Å². The summed E-state index contributed by atoms with van der Waals surface area (Å²) in [5.74, 6) is 0. The Bertz CT molecular complexity index is 287. The molecule has 2 atom stereocenters. The summed E-state index contributed by atoms with van der Waals surface area (Å²) >= 11 is 3.41. The van der Waals surface area contributed by atoms with Crippen molar-refractivity contribution in [1.82, 2.24) is 0 Å². The zero-order valence-corrected chi connectivity index (χ0v) is 12.8. The van der Waals surface area contributed by atoms with Crippen LogP contribution < -0.4 is 0 Å². The highest BCUT2D eigenvalue weighted by Gasteiger charge is 2.30. The Morgan fingerprint density at radius 2 is 1.71 bits per heavy atom. The number of rotatable bonds is 5. The van der Waals surface area contributed by atoms with Crippen LogP contribution in [0.4, 0.5) is 0 Å². The fourth-order valence-electron chi connectivity index (χ4n) is 1.72. The third-order valence-corrected chi connectivity index (χ3v) is 3.46. The van der Waals surface area contributed by atoms with Crippen LogP contribution in [0.1, 0.15) is 40.5 Å². The van der Waals surface area contributed by atoms with Crippen molar-refractivity contribution >= 4 is 15.9 Å². The third kappa shape index (κ3) is 4.94. The van der Waals surface area contributed by atoms with Crippen molar-refractivity contribution in [1.29, 1.82) is 0 Å². The van der Waals surface area contributed by atoms with E-state index in [1.807, 2.05) is 0 Å². The normalized spacial score (nSPS) is 31.0. The van der Waals surface area contributed by atoms with Gasteiger partial charge in [-0.3, -0.25) is 0 Å². The van der Waals surface area contributed by atoms with Gasteiger partial charge in [0, 0.05) is 5.33 Å². The fourth-order valence-corrected chi connectivity index (χ4v) is 2.27. The van der Waals surface area contributed by atoms with E-state index in [9.17, 15) is 0 Å². The Morgan fingerprint density at radius 1 is 1.12 bits per heavy atom. The largest absolute Gasteiger partial charge is 0.343 e. The van der Waals surface area contributed by atoms with Crippen molar-refractivity contribution in [2.45, 2.75) is 59.0 Å². The van der Waals surface area contributed by atoms with Gasteiger partial charge in [0.2, 0.25) is 0 Å². The van der Waals surface area contributed by atoms with E-state index in [0.29, 0.717) is 0 Å². The van der Waals surface area contributed by atoms with Crippen molar-refractivity contribution in [2.24, 2.45) is 0 Å². The summed E-state index contributed by atoms with van der Waals surface area (Å²) in [6.07, 6.45) is 6.82. The number of hydrogen-bond acceptors (Lipinski definition) is 2. The number of hydrogen-bond donors (Lipinski definition) is 0. The summed E-state index contributed by atoms with van der Waals surface area (Å²) in [6.45, 7) is 8.36. The van der Waals surface area contributed by atoms with Gasteiger partial charge in [-0.1, -0.05) is 33.7 Å². The molecule has 1 heterocycles. The van der Waals surface area contributed by atoms with E-state index >= 15 is 0 Å².